The molecule has 2 heterocycles. The Kier molecular flexibility index (Phi) is 7.39. The van der Waals surface area contributed by atoms with Gasteiger partial charge in [-0.1, -0.05) is 30.0 Å². The highest BCUT2D eigenvalue weighted by Crippen LogP contribution is 2.26. The van der Waals surface area contributed by atoms with Crippen molar-refractivity contribution in [3.63, 3.8) is 0 Å². The maximum absolute atomic E-state index is 13.4. The Hall–Kier alpha value is -3.50. The smallest absolute Gasteiger partial charge is 0.357 e. The number of thioether (sulfide) groups is 1. The predicted molar refractivity (Wildman–Crippen MR) is 126 cm³/mol. The van der Waals surface area contributed by atoms with Crippen LogP contribution in [0.3, 0.4) is 0 Å². The largest absolute Gasteiger partial charge is 0.451 e. The summed E-state index contributed by atoms with van der Waals surface area (Å²) >= 11 is 2.75. The second-order valence-electron chi connectivity index (χ2n) is 7.09. The van der Waals surface area contributed by atoms with Gasteiger partial charge in [0.25, 0.3) is 5.91 Å². The molecule has 0 saturated heterocycles. The van der Waals surface area contributed by atoms with Crippen LogP contribution in [0.1, 0.15) is 27.0 Å². The van der Waals surface area contributed by atoms with Gasteiger partial charge in [0.15, 0.2) is 17.5 Å². The Labute approximate surface area is 202 Å². The third kappa shape index (κ3) is 5.35. The monoisotopic (exact) mass is 499 g/mol. The van der Waals surface area contributed by atoms with Crippen LogP contribution in [-0.4, -0.2) is 34.3 Å². The molecule has 6 nitrogen and oxygen atoms in total. The van der Waals surface area contributed by atoms with Crippen molar-refractivity contribution in [2.24, 2.45) is 0 Å². The summed E-state index contributed by atoms with van der Waals surface area (Å²) in [5, 5.41) is 5.22. The Balaban J connectivity index is 1.47. The number of halogens is 2. The van der Waals surface area contributed by atoms with E-state index >= 15 is 0 Å². The number of imidazole rings is 1. The second kappa shape index (κ2) is 10.6. The van der Waals surface area contributed by atoms with E-state index in [0.717, 1.165) is 4.88 Å². The van der Waals surface area contributed by atoms with Crippen molar-refractivity contribution in [1.29, 1.82) is 0 Å². The van der Waals surface area contributed by atoms with Crippen LogP contribution in [0.25, 0.3) is 5.69 Å². The van der Waals surface area contributed by atoms with Crippen molar-refractivity contribution in [2.75, 3.05) is 12.9 Å². The Morgan fingerprint density at radius 1 is 1.09 bits per heavy atom. The number of carbonyl (C=O) groups excluding carboxylic acids is 2. The fraction of sp³-hybridized carbons (Fsp3) is 0.125. The molecule has 0 radical (unpaired) electrons. The number of nitrogens with zero attached hydrogens (tertiary/aromatic N) is 2. The van der Waals surface area contributed by atoms with Crippen LogP contribution in [0.4, 0.5) is 8.78 Å². The molecule has 2 aromatic carbocycles. The van der Waals surface area contributed by atoms with E-state index < -0.39 is 30.3 Å². The van der Waals surface area contributed by atoms with Crippen LogP contribution in [0, 0.1) is 11.6 Å². The first-order valence-electron chi connectivity index (χ1n) is 10.1. The second-order valence-corrected chi connectivity index (χ2v) is 8.84. The molecule has 34 heavy (non-hydrogen) atoms. The molecule has 1 N–H and O–H groups in total. The quantitative estimate of drug-likeness (QED) is 0.273. The van der Waals surface area contributed by atoms with Crippen molar-refractivity contribution >= 4 is 35.0 Å². The van der Waals surface area contributed by atoms with Crippen molar-refractivity contribution in [2.45, 2.75) is 11.2 Å². The number of carbonyl (C=O) groups is 2. The summed E-state index contributed by atoms with van der Waals surface area (Å²) in [5.74, 6) is -2.05. The van der Waals surface area contributed by atoms with E-state index in [1.807, 2.05) is 17.5 Å². The van der Waals surface area contributed by atoms with Crippen LogP contribution in [-0.2, 0) is 9.53 Å². The summed E-state index contributed by atoms with van der Waals surface area (Å²) in [4.78, 5) is 30.5. The zero-order valence-corrected chi connectivity index (χ0v) is 19.5. The van der Waals surface area contributed by atoms with Gasteiger partial charge >= 0.3 is 5.97 Å². The molecule has 0 spiro atoms. The van der Waals surface area contributed by atoms with Gasteiger partial charge < -0.3 is 10.1 Å². The lowest BCUT2D eigenvalue weighted by Crippen LogP contribution is -2.33. The summed E-state index contributed by atoms with van der Waals surface area (Å²) in [5.41, 5.74) is 1.34. The predicted octanol–water partition coefficient (Wildman–Crippen LogP) is 5.00. The summed E-state index contributed by atoms with van der Waals surface area (Å²) < 4.78 is 33.5. The van der Waals surface area contributed by atoms with E-state index in [1.165, 1.54) is 70.3 Å². The third-order valence-corrected chi connectivity index (χ3v) is 6.47. The number of hydrogen-bond donors (Lipinski definition) is 1. The van der Waals surface area contributed by atoms with Gasteiger partial charge in [-0.2, -0.15) is 0 Å². The average Bonchev–Trinajstić information content (AvgIpc) is 3.52. The van der Waals surface area contributed by atoms with E-state index in [0.29, 0.717) is 16.4 Å². The molecule has 0 saturated carbocycles. The lowest BCUT2D eigenvalue weighted by molar-refractivity contribution is -0.124. The minimum absolute atomic E-state index is 0.108. The maximum atomic E-state index is 13.4. The summed E-state index contributed by atoms with van der Waals surface area (Å²) in [6.45, 7) is -0.523. The highest BCUT2D eigenvalue weighted by Gasteiger charge is 2.22. The van der Waals surface area contributed by atoms with Gasteiger partial charge in [-0.25, -0.2) is 18.6 Å². The highest BCUT2D eigenvalue weighted by molar-refractivity contribution is 7.98. The molecule has 0 bridgehead atoms. The Morgan fingerprint density at radius 2 is 1.76 bits per heavy atom. The van der Waals surface area contributed by atoms with E-state index in [1.54, 1.807) is 18.4 Å². The summed E-state index contributed by atoms with van der Waals surface area (Å²) in [7, 11) is 0. The van der Waals surface area contributed by atoms with Crippen molar-refractivity contribution < 1.29 is 23.1 Å². The molecular formula is C24H19F2N3O3S2. The number of amides is 1. The van der Waals surface area contributed by atoms with Crippen LogP contribution in [0.2, 0.25) is 0 Å². The topological polar surface area (TPSA) is 73.2 Å². The van der Waals surface area contributed by atoms with Crippen molar-refractivity contribution in [3.8, 4) is 5.69 Å². The summed E-state index contributed by atoms with van der Waals surface area (Å²) in [6, 6.07) is 14.6. The van der Waals surface area contributed by atoms with Gasteiger partial charge in [0.05, 0.1) is 12.2 Å². The first-order valence-corrected chi connectivity index (χ1v) is 12.2. The number of esters is 1. The minimum Gasteiger partial charge on any atom is -0.451 e. The van der Waals surface area contributed by atoms with Gasteiger partial charge in [0.2, 0.25) is 0 Å². The van der Waals surface area contributed by atoms with Gasteiger partial charge in [-0.3, -0.25) is 9.36 Å². The molecule has 0 aliphatic rings. The molecule has 4 aromatic rings. The normalized spacial score (nSPS) is 11.7. The lowest BCUT2D eigenvalue weighted by Gasteiger charge is -2.18. The van der Waals surface area contributed by atoms with Crippen LogP contribution < -0.4 is 5.32 Å². The molecule has 174 valence electrons. The maximum Gasteiger partial charge on any atom is 0.357 e. The van der Waals surface area contributed by atoms with Gasteiger partial charge in [-0.15, -0.1) is 11.3 Å². The fourth-order valence-corrected chi connectivity index (χ4v) is 4.65. The van der Waals surface area contributed by atoms with E-state index in [9.17, 15) is 18.4 Å². The molecule has 1 unspecified atom stereocenters. The Morgan fingerprint density at radius 3 is 2.38 bits per heavy atom. The molecule has 0 aliphatic heterocycles. The van der Waals surface area contributed by atoms with Crippen molar-refractivity contribution in [3.05, 3.63) is 100 Å². The third-order valence-electron chi connectivity index (χ3n) is 4.88. The lowest BCUT2D eigenvalue weighted by atomic mass is 10.1. The molecular weight excluding hydrogens is 480 g/mol. The van der Waals surface area contributed by atoms with Crippen LogP contribution in [0.15, 0.2) is 77.4 Å². The Bertz CT molecular complexity index is 1270. The van der Waals surface area contributed by atoms with Gasteiger partial charge in [-0.05, 0) is 59.7 Å². The molecule has 1 atom stereocenters. The number of benzene rings is 2. The van der Waals surface area contributed by atoms with Gasteiger partial charge in [0.1, 0.15) is 11.6 Å². The summed E-state index contributed by atoms with van der Waals surface area (Å²) in [6.07, 6.45) is 3.15. The first kappa shape index (κ1) is 23.7. The number of ether oxygens (including phenoxy) is 1. The van der Waals surface area contributed by atoms with Crippen molar-refractivity contribution in [1.82, 2.24) is 14.9 Å². The molecule has 0 aliphatic carbocycles. The average molecular weight is 500 g/mol. The number of aromatic nitrogens is 2. The number of nitrogens with one attached hydrogen (secondary N) is 1. The number of thiophene rings is 1. The molecule has 4 rings (SSSR count). The molecule has 1 amide bonds. The SMILES string of the molecule is CSc1ncc(C(=O)OCC(=O)NC(c2ccc(F)cc2)c2cccs2)n1-c1ccc(F)cc1. The number of hydrogen-bond acceptors (Lipinski definition) is 6. The van der Waals surface area contributed by atoms with E-state index in [4.69, 9.17) is 4.74 Å². The van der Waals surface area contributed by atoms with Crippen LogP contribution >= 0.6 is 23.1 Å². The standard InChI is InChI=1S/C24H19F2N3O3S2/c1-33-24-27-13-19(29(24)18-10-8-17(26)9-11-18)23(31)32-14-21(30)28-22(20-3-2-12-34-20)15-4-6-16(25)7-5-15/h2-13,22H,14H2,1H3,(H,28,30). The fourth-order valence-electron chi connectivity index (χ4n) is 3.30. The van der Waals surface area contributed by atoms with E-state index in [-0.39, 0.29) is 11.5 Å². The zero-order valence-electron chi connectivity index (χ0n) is 17.9. The minimum atomic E-state index is -0.748. The van der Waals surface area contributed by atoms with E-state index in [2.05, 4.69) is 10.3 Å². The highest BCUT2D eigenvalue weighted by atomic mass is 32.2. The van der Waals surface area contributed by atoms with Crippen LogP contribution in [0.5, 0.6) is 0 Å². The number of rotatable bonds is 8. The zero-order chi connectivity index (χ0) is 24.1. The molecule has 2 aromatic heterocycles. The van der Waals surface area contributed by atoms with Gasteiger partial charge in [0, 0.05) is 10.6 Å². The molecule has 0 fully saturated rings. The molecule has 10 heteroatoms. The first-order chi connectivity index (χ1) is 16.5.